The molecule has 0 amide bonds. The quantitative estimate of drug-likeness (QED) is 0.837. The number of benzene rings is 1. The van der Waals surface area contributed by atoms with Gasteiger partial charge in [0.05, 0.1) is 6.33 Å². The zero-order chi connectivity index (χ0) is 13.1. The maximum Gasteiger partial charge on any atom is 0.131 e. The summed E-state index contributed by atoms with van der Waals surface area (Å²) in [6.07, 6.45) is 3.54. The molecule has 0 fully saturated rings. The molecule has 4 heteroatoms. The molecular formula is C14H18N4. The molecule has 0 radical (unpaired) electrons. The monoisotopic (exact) mass is 242 g/mol. The minimum absolute atomic E-state index is 0.674. The van der Waals surface area contributed by atoms with Crippen LogP contribution >= 0.6 is 0 Å². The molecule has 0 unspecified atom stereocenters. The van der Waals surface area contributed by atoms with Crippen molar-refractivity contribution in [3.8, 4) is 11.3 Å². The number of hydrogen-bond acceptors (Lipinski definition) is 3. The molecule has 0 spiro atoms. The van der Waals surface area contributed by atoms with Crippen molar-refractivity contribution in [2.24, 2.45) is 0 Å². The Bertz CT molecular complexity index is 537. The van der Waals surface area contributed by atoms with E-state index in [4.69, 9.17) is 5.73 Å². The summed E-state index contributed by atoms with van der Waals surface area (Å²) in [6, 6.07) is 8.18. The van der Waals surface area contributed by atoms with E-state index in [1.54, 1.807) is 12.4 Å². The molecule has 0 aliphatic carbocycles. The lowest BCUT2D eigenvalue weighted by Gasteiger charge is -2.12. The molecule has 0 saturated heterocycles. The molecule has 2 rings (SSSR count). The second-order valence-corrected chi connectivity index (χ2v) is 4.36. The van der Waals surface area contributed by atoms with Crippen LogP contribution in [0.5, 0.6) is 0 Å². The van der Waals surface area contributed by atoms with Gasteiger partial charge in [-0.3, -0.25) is 0 Å². The summed E-state index contributed by atoms with van der Waals surface area (Å²) >= 11 is 0. The third-order valence-corrected chi connectivity index (χ3v) is 2.86. The molecule has 1 aromatic heterocycles. The van der Waals surface area contributed by atoms with Gasteiger partial charge in [-0.05, 0) is 12.1 Å². The SMILES string of the molecule is C=CCn1cnc(-c2ccc(N(C)C)cc2)c1N. The van der Waals surface area contributed by atoms with Gasteiger partial charge in [0.2, 0.25) is 0 Å². The van der Waals surface area contributed by atoms with Crippen LogP contribution in [0, 0.1) is 0 Å². The van der Waals surface area contributed by atoms with Crippen LogP contribution in [-0.2, 0) is 6.54 Å². The van der Waals surface area contributed by atoms with Gasteiger partial charge in [-0.1, -0.05) is 18.2 Å². The number of hydrogen-bond donors (Lipinski definition) is 1. The average molecular weight is 242 g/mol. The lowest BCUT2D eigenvalue weighted by Crippen LogP contribution is -2.08. The Morgan fingerprint density at radius 2 is 2.00 bits per heavy atom. The molecule has 0 aliphatic heterocycles. The minimum Gasteiger partial charge on any atom is -0.383 e. The van der Waals surface area contributed by atoms with E-state index in [2.05, 4.69) is 28.6 Å². The van der Waals surface area contributed by atoms with E-state index in [1.165, 1.54) is 0 Å². The van der Waals surface area contributed by atoms with Crippen molar-refractivity contribution < 1.29 is 0 Å². The number of imidazole rings is 1. The van der Waals surface area contributed by atoms with Gasteiger partial charge in [0, 0.05) is 31.9 Å². The zero-order valence-electron chi connectivity index (χ0n) is 10.8. The van der Waals surface area contributed by atoms with Crippen molar-refractivity contribution >= 4 is 11.5 Å². The van der Waals surface area contributed by atoms with Crippen LogP contribution in [0.2, 0.25) is 0 Å². The number of nitrogen functional groups attached to an aromatic ring is 1. The molecule has 4 nitrogen and oxygen atoms in total. The first-order valence-electron chi connectivity index (χ1n) is 5.82. The van der Waals surface area contributed by atoms with Crippen molar-refractivity contribution in [3.05, 3.63) is 43.2 Å². The van der Waals surface area contributed by atoms with Gasteiger partial charge in [-0.2, -0.15) is 0 Å². The predicted molar refractivity (Wildman–Crippen MR) is 76.6 cm³/mol. The molecule has 0 bridgehead atoms. The predicted octanol–water partition coefficient (Wildman–Crippen LogP) is 2.38. The van der Waals surface area contributed by atoms with Crippen molar-refractivity contribution in [3.63, 3.8) is 0 Å². The van der Waals surface area contributed by atoms with Crippen molar-refractivity contribution in [1.29, 1.82) is 0 Å². The molecule has 2 N–H and O–H groups in total. The van der Waals surface area contributed by atoms with Gasteiger partial charge >= 0.3 is 0 Å². The van der Waals surface area contributed by atoms with E-state index in [1.807, 2.05) is 30.8 Å². The highest BCUT2D eigenvalue weighted by molar-refractivity contribution is 5.72. The Labute approximate surface area is 107 Å². The molecule has 0 saturated carbocycles. The average Bonchev–Trinajstić information content (AvgIpc) is 2.72. The molecule has 0 atom stereocenters. The first-order chi connectivity index (χ1) is 8.63. The van der Waals surface area contributed by atoms with Crippen LogP contribution in [0.25, 0.3) is 11.3 Å². The number of rotatable bonds is 4. The normalized spacial score (nSPS) is 10.3. The standard InChI is InChI=1S/C14H18N4/c1-4-9-18-10-16-13(14(18)15)11-5-7-12(8-6-11)17(2)3/h4-8,10H,1,9,15H2,2-3H3. The van der Waals surface area contributed by atoms with E-state index in [0.29, 0.717) is 12.4 Å². The molecule has 0 aliphatic rings. The highest BCUT2D eigenvalue weighted by atomic mass is 15.1. The minimum atomic E-state index is 0.674. The van der Waals surface area contributed by atoms with Crippen LogP contribution in [0.15, 0.2) is 43.2 Å². The summed E-state index contributed by atoms with van der Waals surface area (Å²) < 4.78 is 1.88. The van der Waals surface area contributed by atoms with Gasteiger partial charge in [0.15, 0.2) is 0 Å². The summed E-state index contributed by atoms with van der Waals surface area (Å²) in [7, 11) is 4.03. The van der Waals surface area contributed by atoms with Gasteiger partial charge in [-0.25, -0.2) is 4.98 Å². The smallest absolute Gasteiger partial charge is 0.131 e. The summed E-state index contributed by atoms with van der Waals surface area (Å²) in [5.74, 6) is 0.674. The van der Waals surface area contributed by atoms with Crippen LogP contribution in [0.4, 0.5) is 11.5 Å². The first-order valence-corrected chi connectivity index (χ1v) is 5.82. The van der Waals surface area contributed by atoms with E-state index in [0.717, 1.165) is 16.9 Å². The van der Waals surface area contributed by atoms with E-state index in [9.17, 15) is 0 Å². The van der Waals surface area contributed by atoms with Gasteiger partial charge in [0.1, 0.15) is 11.5 Å². The zero-order valence-corrected chi connectivity index (χ0v) is 10.8. The Morgan fingerprint density at radius 3 is 2.56 bits per heavy atom. The van der Waals surface area contributed by atoms with Crippen molar-refractivity contribution in [1.82, 2.24) is 9.55 Å². The Kier molecular flexibility index (Phi) is 3.37. The van der Waals surface area contributed by atoms with Gasteiger partial charge in [0.25, 0.3) is 0 Å². The van der Waals surface area contributed by atoms with Crippen LogP contribution in [-0.4, -0.2) is 23.6 Å². The number of aromatic nitrogens is 2. The lowest BCUT2D eigenvalue weighted by atomic mass is 10.1. The third kappa shape index (κ3) is 2.22. The molecule has 2 aromatic rings. The number of anilines is 2. The van der Waals surface area contributed by atoms with E-state index < -0.39 is 0 Å². The second kappa shape index (κ2) is 4.96. The Morgan fingerprint density at radius 1 is 1.33 bits per heavy atom. The van der Waals surface area contributed by atoms with E-state index in [-0.39, 0.29) is 0 Å². The van der Waals surface area contributed by atoms with Crippen LogP contribution in [0.3, 0.4) is 0 Å². The topological polar surface area (TPSA) is 47.1 Å². The number of nitrogens with zero attached hydrogens (tertiary/aromatic N) is 3. The first kappa shape index (κ1) is 12.2. The fourth-order valence-electron chi connectivity index (χ4n) is 1.82. The Balaban J connectivity index is 2.34. The molecule has 1 aromatic carbocycles. The van der Waals surface area contributed by atoms with Gasteiger partial charge < -0.3 is 15.2 Å². The second-order valence-electron chi connectivity index (χ2n) is 4.36. The molecule has 1 heterocycles. The largest absolute Gasteiger partial charge is 0.383 e. The summed E-state index contributed by atoms with van der Waals surface area (Å²) in [5, 5.41) is 0. The third-order valence-electron chi connectivity index (χ3n) is 2.86. The molecular weight excluding hydrogens is 224 g/mol. The summed E-state index contributed by atoms with van der Waals surface area (Å²) in [5.41, 5.74) is 9.07. The number of nitrogens with two attached hydrogens (primary N) is 1. The Hall–Kier alpha value is -2.23. The fraction of sp³-hybridized carbons (Fsp3) is 0.214. The van der Waals surface area contributed by atoms with E-state index >= 15 is 0 Å². The van der Waals surface area contributed by atoms with Crippen molar-refractivity contribution in [2.45, 2.75) is 6.54 Å². The maximum atomic E-state index is 6.06. The van der Waals surface area contributed by atoms with Crippen LogP contribution < -0.4 is 10.6 Å². The lowest BCUT2D eigenvalue weighted by molar-refractivity contribution is 0.833. The van der Waals surface area contributed by atoms with Crippen molar-refractivity contribution in [2.75, 3.05) is 24.7 Å². The summed E-state index contributed by atoms with van der Waals surface area (Å²) in [6.45, 7) is 4.38. The summed E-state index contributed by atoms with van der Waals surface area (Å²) in [4.78, 5) is 6.41. The molecule has 94 valence electrons. The highest BCUT2D eigenvalue weighted by Crippen LogP contribution is 2.26. The maximum absolute atomic E-state index is 6.06. The highest BCUT2D eigenvalue weighted by Gasteiger charge is 2.09. The van der Waals surface area contributed by atoms with Gasteiger partial charge in [-0.15, -0.1) is 6.58 Å². The fourth-order valence-corrected chi connectivity index (χ4v) is 1.82. The molecule has 18 heavy (non-hydrogen) atoms. The number of allylic oxidation sites excluding steroid dienone is 1. The van der Waals surface area contributed by atoms with Crippen LogP contribution in [0.1, 0.15) is 0 Å².